The molecular weight excluding hydrogens is 216 g/mol. The van der Waals surface area contributed by atoms with Crippen LogP contribution in [0.3, 0.4) is 0 Å². The molecule has 0 heterocycles. The van der Waals surface area contributed by atoms with Crippen molar-refractivity contribution in [2.75, 3.05) is 0 Å². The molecule has 86 valence electrons. The number of thioether (sulfide) groups is 1. The molecule has 1 atom stereocenters. The molecule has 0 saturated heterocycles. The van der Waals surface area contributed by atoms with E-state index in [0.29, 0.717) is 12.8 Å². The van der Waals surface area contributed by atoms with Crippen molar-refractivity contribution >= 4 is 17.5 Å². The van der Waals surface area contributed by atoms with Gasteiger partial charge in [-0.25, -0.2) is 0 Å². The third-order valence-corrected chi connectivity index (χ3v) is 3.88. The van der Waals surface area contributed by atoms with Crippen molar-refractivity contribution in [3.63, 3.8) is 0 Å². The summed E-state index contributed by atoms with van der Waals surface area (Å²) < 4.78 is -0.377. The van der Waals surface area contributed by atoms with Crippen LogP contribution in [0.2, 0.25) is 0 Å². The molecule has 1 nitrogen and oxygen atoms in total. The minimum absolute atomic E-state index is 0.279. The van der Waals surface area contributed by atoms with Gasteiger partial charge in [0.2, 0.25) is 0 Å². The van der Waals surface area contributed by atoms with Crippen LogP contribution in [0.5, 0.6) is 0 Å². The number of Topliss-reactive ketones (excluding diaryl/α,β-unsaturated/α-hetero) is 1. The maximum Gasteiger partial charge on any atom is 0.149 e. The van der Waals surface area contributed by atoms with Gasteiger partial charge in [-0.1, -0.05) is 31.2 Å². The summed E-state index contributed by atoms with van der Waals surface area (Å²) in [6.45, 7) is 7.65. The highest BCUT2D eigenvalue weighted by molar-refractivity contribution is 8.01. The standard InChI is InChI=1S/C14H18OS/c1-4-11-14(3,13(15)5-2)16-12-9-7-6-8-10-12/h4,6-10H,1,5,11H2,2-3H3. The monoisotopic (exact) mass is 234 g/mol. The summed E-state index contributed by atoms with van der Waals surface area (Å²) >= 11 is 1.63. The Kier molecular flexibility index (Phi) is 4.81. The van der Waals surface area contributed by atoms with Crippen LogP contribution >= 0.6 is 11.8 Å². The third-order valence-electron chi connectivity index (χ3n) is 2.53. The van der Waals surface area contributed by atoms with Gasteiger partial charge < -0.3 is 0 Å². The number of ketones is 1. The molecule has 0 aromatic heterocycles. The molecule has 0 amide bonds. The van der Waals surface area contributed by atoms with Crippen LogP contribution in [0.1, 0.15) is 26.7 Å². The first-order chi connectivity index (χ1) is 7.62. The molecule has 1 aromatic rings. The lowest BCUT2D eigenvalue weighted by molar-refractivity contribution is -0.120. The lowest BCUT2D eigenvalue weighted by atomic mass is 10.00. The van der Waals surface area contributed by atoms with E-state index >= 15 is 0 Å². The van der Waals surface area contributed by atoms with E-state index in [1.165, 1.54) is 0 Å². The molecule has 2 heteroatoms. The van der Waals surface area contributed by atoms with E-state index in [-0.39, 0.29) is 10.5 Å². The zero-order valence-corrected chi connectivity index (χ0v) is 10.7. The van der Waals surface area contributed by atoms with Crippen LogP contribution in [0.15, 0.2) is 47.9 Å². The number of carbonyl (C=O) groups excluding carboxylic acids is 1. The van der Waals surface area contributed by atoms with Gasteiger partial charge in [0.25, 0.3) is 0 Å². The summed E-state index contributed by atoms with van der Waals surface area (Å²) in [5.41, 5.74) is 0. The first-order valence-electron chi connectivity index (χ1n) is 5.50. The van der Waals surface area contributed by atoms with E-state index in [9.17, 15) is 4.79 Å². The van der Waals surface area contributed by atoms with Gasteiger partial charge in [-0.15, -0.1) is 18.3 Å². The van der Waals surface area contributed by atoms with Crippen molar-refractivity contribution in [2.45, 2.75) is 36.3 Å². The minimum atomic E-state index is -0.377. The third kappa shape index (κ3) is 3.24. The zero-order valence-electron chi connectivity index (χ0n) is 9.90. The zero-order chi connectivity index (χ0) is 12.0. The average molecular weight is 234 g/mol. The van der Waals surface area contributed by atoms with E-state index in [0.717, 1.165) is 4.90 Å². The highest BCUT2D eigenvalue weighted by Gasteiger charge is 2.31. The number of benzene rings is 1. The van der Waals surface area contributed by atoms with Crippen molar-refractivity contribution in [1.29, 1.82) is 0 Å². The highest BCUT2D eigenvalue weighted by Crippen LogP contribution is 2.37. The molecule has 1 unspecified atom stereocenters. The molecule has 0 aliphatic rings. The van der Waals surface area contributed by atoms with Crippen molar-refractivity contribution in [3.05, 3.63) is 43.0 Å². The predicted molar refractivity (Wildman–Crippen MR) is 70.8 cm³/mol. The molecule has 0 fully saturated rings. The summed E-state index contributed by atoms with van der Waals surface area (Å²) in [6.07, 6.45) is 3.10. The fraction of sp³-hybridized carbons (Fsp3) is 0.357. The van der Waals surface area contributed by atoms with Crippen LogP contribution in [0.4, 0.5) is 0 Å². The van der Waals surface area contributed by atoms with E-state index in [2.05, 4.69) is 6.58 Å². The lowest BCUT2D eigenvalue weighted by Crippen LogP contribution is -2.30. The first kappa shape index (κ1) is 13.0. The number of hydrogen-bond acceptors (Lipinski definition) is 2. The summed E-state index contributed by atoms with van der Waals surface area (Å²) in [7, 11) is 0. The molecule has 0 saturated carbocycles. The van der Waals surface area contributed by atoms with Crippen molar-refractivity contribution < 1.29 is 4.79 Å². The summed E-state index contributed by atoms with van der Waals surface area (Å²) in [4.78, 5) is 13.1. The number of rotatable bonds is 6. The second kappa shape index (κ2) is 5.90. The molecular formula is C14H18OS. The van der Waals surface area contributed by atoms with E-state index < -0.39 is 0 Å². The van der Waals surface area contributed by atoms with Gasteiger partial charge in [0, 0.05) is 11.3 Å². The molecule has 16 heavy (non-hydrogen) atoms. The predicted octanol–water partition coefficient (Wildman–Crippen LogP) is 4.09. The second-order valence-corrected chi connectivity index (χ2v) is 5.49. The van der Waals surface area contributed by atoms with Gasteiger partial charge in [0.15, 0.2) is 0 Å². The summed E-state index contributed by atoms with van der Waals surface area (Å²) in [5, 5.41) is 0. The Morgan fingerprint density at radius 1 is 1.44 bits per heavy atom. The van der Waals surface area contributed by atoms with E-state index in [1.807, 2.05) is 50.3 Å². The lowest BCUT2D eigenvalue weighted by Gasteiger charge is -2.25. The van der Waals surface area contributed by atoms with Crippen LogP contribution < -0.4 is 0 Å². The van der Waals surface area contributed by atoms with Gasteiger partial charge in [-0.2, -0.15) is 0 Å². The number of allylic oxidation sites excluding steroid dienone is 1. The molecule has 1 rings (SSSR count). The van der Waals surface area contributed by atoms with E-state index in [4.69, 9.17) is 0 Å². The normalized spacial score (nSPS) is 14.1. The summed E-state index contributed by atoms with van der Waals surface area (Å²) in [5.74, 6) is 0.279. The minimum Gasteiger partial charge on any atom is -0.298 e. The SMILES string of the molecule is C=CCC(C)(Sc1ccccc1)C(=O)CC. The maximum absolute atomic E-state index is 12.0. The van der Waals surface area contributed by atoms with Crippen molar-refractivity contribution in [2.24, 2.45) is 0 Å². The van der Waals surface area contributed by atoms with Crippen LogP contribution in [-0.4, -0.2) is 10.5 Å². The topological polar surface area (TPSA) is 17.1 Å². The Hall–Kier alpha value is -1.02. The second-order valence-electron chi connectivity index (χ2n) is 3.92. The van der Waals surface area contributed by atoms with Crippen LogP contribution in [0, 0.1) is 0 Å². The molecule has 0 N–H and O–H groups in total. The van der Waals surface area contributed by atoms with Crippen LogP contribution in [-0.2, 0) is 4.79 Å². The largest absolute Gasteiger partial charge is 0.298 e. The molecule has 1 aromatic carbocycles. The summed E-state index contributed by atoms with van der Waals surface area (Å²) in [6, 6.07) is 10.0. The quantitative estimate of drug-likeness (QED) is 0.544. The molecule has 0 radical (unpaired) electrons. The van der Waals surface area contributed by atoms with Crippen molar-refractivity contribution in [1.82, 2.24) is 0 Å². The molecule has 0 spiro atoms. The Labute approximate surface area is 102 Å². The fourth-order valence-corrected chi connectivity index (χ4v) is 2.88. The van der Waals surface area contributed by atoms with Gasteiger partial charge in [-0.3, -0.25) is 4.79 Å². The van der Waals surface area contributed by atoms with Gasteiger partial charge in [0.1, 0.15) is 5.78 Å². The van der Waals surface area contributed by atoms with Crippen molar-refractivity contribution in [3.8, 4) is 0 Å². The van der Waals surface area contributed by atoms with Crippen LogP contribution in [0.25, 0.3) is 0 Å². The highest BCUT2D eigenvalue weighted by atomic mass is 32.2. The van der Waals surface area contributed by atoms with E-state index in [1.54, 1.807) is 11.8 Å². The molecule has 0 bridgehead atoms. The fourth-order valence-electron chi connectivity index (χ4n) is 1.61. The Morgan fingerprint density at radius 3 is 2.56 bits per heavy atom. The first-order valence-corrected chi connectivity index (χ1v) is 6.32. The number of carbonyl (C=O) groups is 1. The Bertz CT molecular complexity index is 358. The smallest absolute Gasteiger partial charge is 0.149 e. The van der Waals surface area contributed by atoms with Gasteiger partial charge in [0.05, 0.1) is 4.75 Å². The number of hydrogen-bond donors (Lipinski definition) is 0. The Balaban J connectivity index is 2.87. The molecule has 0 aliphatic carbocycles. The Morgan fingerprint density at radius 2 is 2.06 bits per heavy atom. The molecule has 0 aliphatic heterocycles. The average Bonchev–Trinajstić information content (AvgIpc) is 2.29. The van der Waals surface area contributed by atoms with Gasteiger partial charge >= 0.3 is 0 Å². The van der Waals surface area contributed by atoms with Gasteiger partial charge in [-0.05, 0) is 25.5 Å². The maximum atomic E-state index is 12.0.